The van der Waals surface area contributed by atoms with Crippen LogP contribution in [0.3, 0.4) is 0 Å². The molecule has 1 aliphatic heterocycles. The van der Waals surface area contributed by atoms with Gasteiger partial charge in [0.15, 0.2) is 0 Å². The van der Waals surface area contributed by atoms with Crippen molar-refractivity contribution in [2.24, 2.45) is 23.7 Å². The fraction of sp³-hybridized carbons (Fsp3) is 0.600. The number of hydrogen-bond donors (Lipinski definition) is 1. The molecular weight excluding hydrogens is 352 g/mol. The van der Waals surface area contributed by atoms with E-state index in [1.807, 2.05) is 23.1 Å². The zero-order valence-electron chi connectivity index (χ0n) is 15.0. The quantitative estimate of drug-likeness (QED) is 0.880. The number of halogens is 1. The number of carbonyl (C=O) groups is 2. The maximum absolute atomic E-state index is 13.1. The number of amides is 1. The summed E-state index contributed by atoms with van der Waals surface area (Å²) in [5.41, 5.74) is 2.29. The van der Waals surface area contributed by atoms with E-state index in [9.17, 15) is 14.7 Å². The van der Waals surface area contributed by atoms with Crippen molar-refractivity contribution < 1.29 is 14.7 Å². The Bertz CT molecular complexity index is 730. The first kappa shape index (κ1) is 17.7. The van der Waals surface area contributed by atoms with E-state index in [0.717, 1.165) is 43.1 Å². The number of rotatable bonds is 3. The second-order valence-electron chi connectivity index (χ2n) is 7.97. The average molecular weight is 377 g/mol. The number of hydrogen-bond acceptors (Lipinski definition) is 3. The molecule has 1 aromatic carbocycles. The molecule has 0 unspecified atom stereocenters. The van der Waals surface area contributed by atoms with Crippen LogP contribution in [0.1, 0.15) is 24.8 Å². The number of carboxylic acids is 1. The number of aryl methyl sites for hydroxylation is 1. The summed E-state index contributed by atoms with van der Waals surface area (Å²) in [6.45, 7) is 4.86. The highest BCUT2D eigenvalue weighted by molar-refractivity contribution is 6.30. The average Bonchev–Trinajstić information content (AvgIpc) is 3.24. The molecular formula is C20H25ClN2O3. The number of fused-ring (bicyclic) bond motifs is 2. The van der Waals surface area contributed by atoms with Gasteiger partial charge in [0.2, 0.25) is 5.91 Å². The minimum absolute atomic E-state index is 0.0621. The van der Waals surface area contributed by atoms with Gasteiger partial charge in [-0.15, -0.1) is 0 Å². The predicted octanol–water partition coefficient (Wildman–Crippen LogP) is 3.04. The van der Waals surface area contributed by atoms with E-state index >= 15 is 0 Å². The smallest absolute Gasteiger partial charge is 0.307 e. The van der Waals surface area contributed by atoms with Gasteiger partial charge in [-0.2, -0.15) is 0 Å². The third-order valence-corrected chi connectivity index (χ3v) is 6.82. The van der Waals surface area contributed by atoms with Crippen LogP contribution in [0.4, 0.5) is 5.69 Å². The summed E-state index contributed by atoms with van der Waals surface area (Å²) in [6.07, 6.45) is 2.88. The maximum Gasteiger partial charge on any atom is 0.307 e. The van der Waals surface area contributed by atoms with E-state index in [1.165, 1.54) is 5.56 Å². The number of anilines is 1. The van der Waals surface area contributed by atoms with Crippen molar-refractivity contribution in [2.45, 2.75) is 26.2 Å². The van der Waals surface area contributed by atoms with E-state index in [1.54, 1.807) is 0 Å². The summed E-state index contributed by atoms with van der Waals surface area (Å²) < 4.78 is 0. The molecule has 3 fully saturated rings. The Kier molecular flexibility index (Phi) is 4.59. The van der Waals surface area contributed by atoms with Crippen molar-refractivity contribution in [1.82, 2.24) is 4.90 Å². The molecule has 140 valence electrons. The highest BCUT2D eigenvalue weighted by Gasteiger charge is 2.54. The van der Waals surface area contributed by atoms with E-state index < -0.39 is 11.9 Å². The summed E-state index contributed by atoms with van der Waals surface area (Å²) in [7, 11) is 0. The van der Waals surface area contributed by atoms with Crippen LogP contribution in [-0.2, 0) is 9.59 Å². The van der Waals surface area contributed by atoms with Crippen molar-refractivity contribution in [3.8, 4) is 0 Å². The molecule has 1 amide bonds. The summed E-state index contributed by atoms with van der Waals surface area (Å²) in [4.78, 5) is 28.9. The molecule has 5 nitrogen and oxygen atoms in total. The highest BCUT2D eigenvalue weighted by atomic mass is 35.5. The molecule has 2 aliphatic carbocycles. The first-order valence-electron chi connectivity index (χ1n) is 9.48. The largest absolute Gasteiger partial charge is 0.481 e. The standard InChI is InChI=1S/C20H25ClN2O3/c1-12-2-5-15(21)11-16(12)22-6-8-23(9-7-22)19(24)17-13-3-4-14(10-13)18(17)20(25)26/h2,5,11,13-14,17-18H,3-4,6-10H2,1H3,(H,25,26)/t13-,14-,17-,18-/m0/s1. The minimum Gasteiger partial charge on any atom is -0.481 e. The van der Waals surface area contributed by atoms with Gasteiger partial charge < -0.3 is 14.9 Å². The molecule has 2 saturated carbocycles. The zero-order valence-corrected chi connectivity index (χ0v) is 15.8. The third kappa shape index (κ3) is 2.96. The van der Waals surface area contributed by atoms with E-state index in [2.05, 4.69) is 11.8 Å². The van der Waals surface area contributed by atoms with Crippen LogP contribution in [0.5, 0.6) is 0 Å². The van der Waals surface area contributed by atoms with Gasteiger partial charge in [0.25, 0.3) is 0 Å². The number of nitrogens with zero attached hydrogens (tertiary/aromatic N) is 2. The second kappa shape index (κ2) is 6.76. The molecule has 1 heterocycles. The third-order valence-electron chi connectivity index (χ3n) is 6.59. The molecule has 0 spiro atoms. The Morgan fingerprint density at radius 1 is 1.08 bits per heavy atom. The number of benzene rings is 1. The molecule has 1 N–H and O–H groups in total. The van der Waals surface area contributed by atoms with Gasteiger partial charge in [-0.1, -0.05) is 17.7 Å². The minimum atomic E-state index is -0.788. The summed E-state index contributed by atoms with van der Waals surface area (Å²) in [6, 6.07) is 5.88. The fourth-order valence-electron chi connectivity index (χ4n) is 5.30. The lowest BCUT2D eigenvalue weighted by molar-refractivity contribution is -0.153. The monoisotopic (exact) mass is 376 g/mol. The number of carboxylic acid groups (broad SMARTS) is 1. The van der Waals surface area contributed by atoms with Crippen LogP contribution >= 0.6 is 11.6 Å². The van der Waals surface area contributed by atoms with Crippen molar-refractivity contribution >= 4 is 29.2 Å². The van der Waals surface area contributed by atoms with E-state index in [0.29, 0.717) is 13.1 Å². The lowest BCUT2D eigenvalue weighted by atomic mass is 9.78. The molecule has 1 saturated heterocycles. The van der Waals surface area contributed by atoms with Gasteiger partial charge in [0, 0.05) is 36.9 Å². The Balaban J connectivity index is 1.44. The zero-order chi connectivity index (χ0) is 18.4. The van der Waals surface area contributed by atoms with Gasteiger partial charge in [-0.25, -0.2) is 0 Å². The van der Waals surface area contributed by atoms with Gasteiger partial charge in [0.1, 0.15) is 0 Å². The Hall–Kier alpha value is -1.75. The SMILES string of the molecule is Cc1ccc(Cl)cc1N1CCN(C(=O)[C@H]2[C@H]3CC[C@@H](C3)[C@@H]2C(=O)O)CC1. The Morgan fingerprint density at radius 3 is 2.38 bits per heavy atom. The number of carbonyl (C=O) groups excluding carboxylic acids is 1. The summed E-state index contributed by atoms with van der Waals surface area (Å²) >= 11 is 6.14. The first-order chi connectivity index (χ1) is 12.5. The van der Waals surface area contributed by atoms with Crippen molar-refractivity contribution in [2.75, 3.05) is 31.1 Å². The second-order valence-corrected chi connectivity index (χ2v) is 8.40. The van der Waals surface area contributed by atoms with Crippen molar-refractivity contribution in [3.05, 3.63) is 28.8 Å². The van der Waals surface area contributed by atoms with Gasteiger partial charge in [-0.3, -0.25) is 9.59 Å². The van der Waals surface area contributed by atoms with Crippen LogP contribution < -0.4 is 4.90 Å². The Labute approximate surface area is 158 Å². The molecule has 6 heteroatoms. The molecule has 0 radical (unpaired) electrons. The molecule has 3 aliphatic rings. The normalized spacial score (nSPS) is 30.7. The van der Waals surface area contributed by atoms with Crippen LogP contribution in [-0.4, -0.2) is 48.1 Å². The van der Waals surface area contributed by atoms with Crippen LogP contribution in [0.15, 0.2) is 18.2 Å². The topological polar surface area (TPSA) is 60.9 Å². The van der Waals surface area contributed by atoms with E-state index in [-0.39, 0.29) is 23.7 Å². The molecule has 2 bridgehead atoms. The van der Waals surface area contributed by atoms with Crippen LogP contribution in [0.25, 0.3) is 0 Å². The van der Waals surface area contributed by atoms with Crippen LogP contribution in [0.2, 0.25) is 5.02 Å². The molecule has 4 atom stereocenters. The highest BCUT2D eigenvalue weighted by Crippen LogP contribution is 2.53. The summed E-state index contributed by atoms with van der Waals surface area (Å²) in [5.74, 6) is -1.06. The van der Waals surface area contributed by atoms with Crippen molar-refractivity contribution in [3.63, 3.8) is 0 Å². The molecule has 26 heavy (non-hydrogen) atoms. The maximum atomic E-state index is 13.1. The van der Waals surface area contributed by atoms with E-state index in [4.69, 9.17) is 11.6 Å². The fourth-order valence-corrected chi connectivity index (χ4v) is 5.47. The van der Waals surface area contributed by atoms with Crippen molar-refractivity contribution in [1.29, 1.82) is 0 Å². The Morgan fingerprint density at radius 2 is 1.73 bits per heavy atom. The predicted molar refractivity (Wildman–Crippen MR) is 100 cm³/mol. The molecule has 4 rings (SSSR count). The summed E-state index contributed by atoms with van der Waals surface area (Å²) in [5, 5.41) is 10.3. The molecule has 1 aromatic rings. The number of piperazine rings is 1. The van der Waals surface area contributed by atoms with Gasteiger partial charge in [0.05, 0.1) is 11.8 Å². The first-order valence-corrected chi connectivity index (χ1v) is 9.86. The lowest BCUT2D eigenvalue weighted by Crippen LogP contribution is -2.52. The lowest BCUT2D eigenvalue weighted by Gasteiger charge is -2.39. The van der Waals surface area contributed by atoms with Gasteiger partial charge >= 0.3 is 5.97 Å². The van der Waals surface area contributed by atoms with Crippen LogP contribution in [0, 0.1) is 30.6 Å². The number of aliphatic carboxylic acids is 1. The van der Waals surface area contributed by atoms with Gasteiger partial charge in [-0.05, 0) is 55.7 Å². The molecule has 0 aromatic heterocycles.